The highest BCUT2D eigenvalue weighted by atomic mass is 16.5. The lowest BCUT2D eigenvalue weighted by atomic mass is 10.1. The van der Waals surface area contributed by atoms with Crippen LogP contribution in [-0.2, 0) is 20.9 Å². The van der Waals surface area contributed by atoms with Crippen LogP contribution in [0, 0.1) is 18.8 Å². The van der Waals surface area contributed by atoms with E-state index < -0.39 is 5.97 Å². The summed E-state index contributed by atoms with van der Waals surface area (Å²) in [6.45, 7) is 2.47. The van der Waals surface area contributed by atoms with E-state index >= 15 is 0 Å². The SMILES string of the molecule is COC(=O)c1ccc(NC(=O)C2CC2C(=O)NCc2ccc(C)cc2)cc1. The topological polar surface area (TPSA) is 84.5 Å². The number of anilines is 1. The number of esters is 1. The fraction of sp³-hybridized carbons (Fsp3) is 0.286. The lowest BCUT2D eigenvalue weighted by Crippen LogP contribution is -2.27. The van der Waals surface area contributed by atoms with Gasteiger partial charge in [-0.3, -0.25) is 9.59 Å². The van der Waals surface area contributed by atoms with Crippen molar-refractivity contribution in [3.63, 3.8) is 0 Å². The van der Waals surface area contributed by atoms with Gasteiger partial charge in [-0.15, -0.1) is 0 Å². The standard InChI is InChI=1S/C21H22N2O4/c1-13-3-5-14(6-4-13)12-22-19(24)17-11-18(17)20(25)23-16-9-7-15(8-10-16)21(26)27-2/h3-10,17-18H,11-12H2,1-2H3,(H,22,24)(H,23,25). The number of benzene rings is 2. The summed E-state index contributed by atoms with van der Waals surface area (Å²) in [4.78, 5) is 35.9. The molecule has 0 saturated heterocycles. The van der Waals surface area contributed by atoms with Gasteiger partial charge in [-0.05, 0) is 43.2 Å². The highest BCUT2D eigenvalue weighted by Gasteiger charge is 2.47. The molecular weight excluding hydrogens is 344 g/mol. The molecule has 0 radical (unpaired) electrons. The number of methoxy groups -OCH3 is 1. The normalized spacial score (nSPS) is 17.7. The molecule has 0 spiro atoms. The third kappa shape index (κ3) is 4.73. The molecule has 2 N–H and O–H groups in total. The Balaban J connectivity index is 1.47. The zero-order chi connectivity index (χ0) is 19.4. The molecule has 2 aromatic rings. The highest BCUT2D eigenvalue weighted by Crippen LogP contribution is 2.39. The molecule has 0 bridgehead atoms. The molecule has 3 rings (SSSR count). The smallest absolute Gasteiger partial charge is 0.337 e. The highest BCUT2D eigenvalue weighted by molar-refractivity contribution is 5.99. The number of ether oxygens (including phenoxy) is 1. The van der Waals surface area contributed by atoms with Crippen molar-refractivity contribution >= 4 is 23.5 Å². The summed E-state index contributed by atoms with van der Waals surface area (Å²) < 4.78 is 4.64. The van der Waals surface area contributed by atoms with Crippen molar-refractivity contribution < 1.29 is 19.1 Å². The van der Waals surface area contributed by atoms with E-state index in [9.17, 15) is 14.4 Å². The number of carbonyl (C=O) groups is 3. The monoisotopic (exact) mass is 366 g/mol. The van der Waals surface area contributed by atoms with Gasteiger partial charge < -0.3 is 15.4 Å². The summed E-state index contributed by atoms with van der Waals surface area (Å²) in [5, 5.41) is 5.67. The summed E-state index contributed by atoms with van der Waals surface area (Å²) in [5.41, 5.74) is 3.19. The number of hydrogen-bond donors (Lipinski definition) is 2. The van der Waals surface area contributed by atoms with Crippen LogP contribution in [0.5, 0.6) is 0 Å². The minimum Gasteiger partial charge on any atom is -0.465 e. The third-order valence-electron chi connectivity index (χ3n) is 4.62. The first-order valence-electron chi connectivity index (χ1n) is 8.80. The van der Waals surface area contributed by atoms with E-state index in [1.54, 1.807) is 24.3 Å². The fourth-order valence-electron chi connectivity index (χ4n) is 2.84. The Bertz CT molecular complexity index is 843. The molecule has 2 aromatic carbocycles. The second-order valence-electron chi connectivity index (χ2n) is 6.71. The molecule has 0 heterocycles. The van der Waals surface area contributed by atoms with Crippen LogP contribution in [0.15, 0.2) is 48.5 Å². The van der Waals surface area contributed by atoms with E-state index in [0.29, 0.717) is 24.2 Å². The second-order valence-corrected chi connectivity index (χ2v) is 6.71. The van der Waals surface area contributed by atoms with E-state index in [1.807, 2.05) is 31.2 Å². The molecule has 2 amide bonds. The average molecular weight is 366 g/mol. The van der Waals surface area contributed by atoms with Crippen LogP contribution in [0.3, 0.4) is 0 Å². The molecule has 140 valence electrons. The number of aryl methyl sites for hydroxylation is 1. The Morgan fingerprint density at radius 3 is 2.22 bits per heavy atom. The van der Waals surface area contributed by atoms with Gasteiger partial charge in [0.15, 0.2) is 0 Å². The molecule has 1 fully saturated rings. The molecule has 6 heteroatoms. The van der Waals surface area contributed by atoms with Gasteiger partial charge >= 0.3 is 5.97 Å². The van der Waals surface area contributed by atoms with Gasteiger partial charge in [-0.2, -0.15) is 0 Å². The quantitative estimate of drug-likeness (QED) is 0.770. The van der Waals surface area contributed by atoms with E-state index in [1.165, 1.54) is 12.7 Å². The Kier molecular flexibility index (Phi) is 5.54. The van der Waals surface area contributed by atoms with E-state index in [-0.39, 0.29) is 23.7 Å². The summed E-state index contributed by atoms with van der Waals surface area (Å²) in [6, 6.07) is 14.4. The van der Waals surface area contributed by atoms with Crippen LogP contribution < -0.4 is 10.6 Å². The third-order valence-corrected chi connectivity index (χ3v) is 4.62. The largest absolute Gasteiger partial charge is 0.465 e. The summed E-state index contributed by atoms with van der Waals surface area (Å²) in [6.07, 6.45) is 0.547. The number of rotatable bonds is 6. The molecule has 1 aliphatic carbocycles. The molecule has 6 nitrogen and oxygen atoms in total. The first-order chi connectivity index (χ1) is 13.0. The van der Waals surface area contributed by atoms with Crippen molar-refractivity contribution in [2.45, 2.75) is 19.9 Å². The summed E-state index contributed by atoms with van der Waals surface area (Å²) in [7, 11) is 1.31. The number of hydrogen-bond acceptors (Lipinski definition) is 4. The van der Waals surface area contributed by atoms with Crippen LogP contribution in [0.2, 0.25) is 0 Å². The zero-order valence-electron chi connectivity index (χ0n) is 15.3. The predicted octanol–water partition coefficient (Wildman–Crippen LogP) is 2.67. The lowest BCUT2D eigenvalue weighted by molar-refractivity contribution is -0.125. The lowest BCUT2D eigenvalue weighted by Gasteiger charge is -2.07. The van der Waals surface area contributed by atoms with E-state index in [4.69, 9.17) is 0 Å². The number of nitrogens with one attached hydrogen (secondary N) is 2. The molecule has 0 aromatic heterocycles. The van der Waals surface area contributed by atoms with Crippen molar-refractivity contribution in [1.29, 1.82) is 0 Å². The Hall–Kier alpha value is -3.15. The van der Waals surface area contributed by atoms with Gasteiger partial charge in [-0.1, -0.05) is 29.8 Å². The Morgan fingerprint density at radius 2 is 1.59 bits per heavy atom. The first kappa shape index (κ1) is 18.6. The van der Waals surface area contributed by atoms with Crippen LogP contribution >= 0.6 is 0 Å². The van der Waals surface area contributed by atoms with Gasteiger partial charge in [0.2, 0.25) is 11.8 Å². The molecule has 1 saturated carbocycles. The maximum atomic E-state index is 12.3. The Labute approximate surface area is 157 Å². The van der Waals surface area contributed by atoms with Crippen LogP contribution in [0.25, 0.3) is 0 Å². The molecule has 0 aliphatic heterocycles. The van der Waals surface area contributed by atoms with Crippen LogP contribution in [0.4, 0.5) is 5.69 Å². The van der Waals surface area contributed by atoms with E-state index in [0.717, 1.165) is 5.56 Å². The first-order valence-corrected chi connectivity index (χ1v) is 8.80. The van der Waals surface area contributed by atoms with Gasteiger partial charge in [0.05, 0.1) is 24.5 Å². The van der Waals surface area contributed by atoms with Crippen molar-refractivity contribution in [1.82, 2.24) is 5.32 Å². The fourth-order valence-corrected chi connectivity index (χ4v) is 2.84. The number of carbonyl (C=O) groups excluding carboxylic acids is 3. The second kappa shape index (κ2) is 8.03. The van der Waals surface area contributed by atoms with Crippen molar-refractivity contribution in [2.75, 3.05) is 12.4 Å². The van der Waals surface area contributed by atoms with Gasteiger partial charge in [0.25, 0.3) is 0 Å². The Morgan fingerprint density at radius 1 is 0.963 bits per heavy atom. The molecule has 2 unspecified atom stereocenters. The average Bonchev–Trinajstić information content (AvgIpc) is 3.48. The molecular formula is C21H22N2O4. The van der Waals surface area contributed by atoms with Gasteiger partial charge in [0.1, 0.15) is 0 Å². The van der Waals surface area contributed by atoms with Crippen LogP contribution in [-0.4, -0.2) is 24.9 Å². The van der Waals surface area contributed by atoms with E-state index in [2.05, 4.69) is 15.4 Å². The zero-order valence-corrected chi connectivity index (χ0v) is 15.3. The molecule has 27 heavy (non-hydrogen) atoms. The van der Waals surface area contributed by atoms with Crippen molar-refractivity contribution in [3.8, 4) is 0 Å². The maximum Gasteiger partial charge on any atom is 0.337 e. The minimum absolute atomic E-state index is 0.100. The van der Waals surface area contributed by atoms with Gasteiger partial charge in [0, 0.05) is 12.2 Å². The summed E-state index contributed by atoms with van der Waals surface area (Å²) in [5.74, 6) is -1.32. The minimum atomic E-state index is -0.430. The van der Waals surface area contributed by atoms with Crippen molar-refractivity contribution in [2.24, 2.45) is 11.8 Å². The molecule has 1 aliphatic rings. The van der Waals surface area contributed by atoms with Crippen LogP contribution in [0.1, 0.15) is 27.9 Å². The maximum absolute atomic E-state index is 12.3. The van der Waals surface area contributed by atoms with Crippen molar-refractivity contribution in [3.05, 3.63) is 65.2 Å². The summed E-state index contributed by atoms with van der Waals surface area (Å²) >= 11 is 0. The number of amides is 2. The predicted molar refractivity (Wildman–Crippen MR) is 101 cm³/mol. The molecule has 2 atom stereocenters. The van der Waals surface area contributed by atoms with Gasteiger partial charge in [-0.25, -0.2) is 4.79 Å².